The number of hydrogen-bond acceptors (Lipinski definition) is 3. The fraction of sp³-hybridized carbons (Fsp3) is 0.833. The van der Waals surface area contributed by atoms with E-state index in [4.69, 9.17) is 0 Å². The van der Waals surface area contributed by atoms with E-state index in [9.17, 15) is 9.59 Å². The van der Waals surface area contributed by atoms with E-state index in [0.29, 0.717) is 0 Å². The molecule has 1 atom stereocenters. The minimum Gasteiger partial charge on any atom is -0.346 e. The summed E-state index contributed by atoms with van der Waals surface area (Å²) in [6.45, 7) is 5.61. The van der Waals surface area contributed by atoms with Crippen LogP contribution in [0.5, 0.6) is 0 Å². The molecule has 5 heteroatoms. The lowest BCUT2D eigenvalue weighted by atomic mass is 10.1. The van der Waals surface area contributed by atoms with Gasteiger partial charge in [0, 0.05) is 13.1 Å². The third kappa shape index (κ3) is 4.58. The summed E-state index contributed by atoms with van der Waals surface area (Å²) in [5.74, 6) is 0.0273. The van der Waals surface area contributed by atoms with Gasteiger partial charge in [-0.2, -0.15) is 12.6 Å². The number of likely N-dealkylation sites (tertiary alicyclic amines) is 1. The smallest absolute Gasteiger partial charge is 0.241 e. The summed E-state index contributed by atoms with van der Waals surface area (Å²) in [6.07, 6.45) is 3.34. The zero-order valence-electron chi connectivity index (χ0n) is 10.6. The molecule has 1 aliphatic heterocycles. The molecule has 1 saturated heterocycles. The minimum atomic E-state index is -0.343. The lowest BCUT2D eigenvalue weighted by Gasteiger charge is -2.27. The summed E-state index contributed by atoms with van der Waals surface area (Å²) >= 11 is 4.21. The minimum absolute atomic E-state index is 0.0161. The second-order valence-electron chi connectivity index (χ2n) is 4.85. The third-order valence-corrected chi connectivity index (χ3v) is 3.85. The highest BCUT2D eigenvalue weighted by molar-refractivity contribution is 7.81. The Hall–Kier alpha value is -0.710. The summed E-state index contributed by atoms with van der Waals surface area (Å²) in [4.78, 5) is 25.2. The molecule has 1 aliphatic rings. The van der Waals surface area contributed by atoms with Gasteiger partial charge in [-0.25, -0.2) is 0 Å². The molecular formula is C12H22N2O2S. The van der Waals surface area contributed by atoms with Gasteiger partial charge >= 0.3 is 0 Å². The number of nitrogens with one attached hydrogen (secondary N) is 1. The molecule has 0 radical (unpaired) electrons. The highest BCUT2D eigenvalue weighted by Gasteiger charge is 2.20. The van der Waals surface area contributed by atoms with E-state index in [0.717, 1.165) is 25.9 Å². The molecule has 1 heterocycles. The summed E-state index contributed by atoms with van der Waals surface area (Å²) < 4.78 is 0. The molecule has 2 amide bonds. The van der Waals surface area contributed by atoms with E-state index in [-0.39, 0.29) is 29.5 Å². The van der Waals surface area contributed by atoms with Gasteiger partial charge in [0.1, 0.15) is 0 Å². The molecular weight excluding hydrogens is 236 g/mol. The molecule has 98 valence electrons. The van der Waals surface area contributed by atoms with Gasteiger partial charge in [-0.3, -0.25) is 9.59 Å². The summed E-state index contributed by atoms with van der Waals surface area (Å²) in [5.41, 5.74) is 0. The molecule has 0 aromatic heterocycles. The van der Waals surface area contributed by atoms with Crippen LogP contribution in [0.3, 0.4) is 0 Å². The predicted molar refractivity (Wildman–Crippen MR) is 71.1 cm³/mol. The van der Waals surface area contributed by atoms with Crippen molar-refractivity contribution in [1.82, 2.24) is 10.2 Å². The standard InChI is InChI=1S/C12H22N2O2S/c1-9(2)11(17)12(16)13-8-10(15)14-6-4-3-5-7-14/h9,11,17H,3-8H2,1-2H3,(H,13,16). The van der Waals surface area contributed by atoms with Crippen molar-refractivity contribution in [3.63, 3.8) is 0 Å². The van der Waals surface area contributed by atoms with Gasteiger partial charge in [-0.05, 0) is 25.2 Å². The second kappa shape index (κ2) is 6.89. The maximum Gasteiger partial charge on any atom is 0.241 e. The Morgan fingerprint density at radius 2 is 1.82 bits per heavy atom. The average molecular weight is 258 g/mol. The van der Waals surface area contributed by atoms with Crippen LogP contribution in [0, 0.1) is 5.92 Å². The Morgan fingerprint density at radius 3 is 2.35 bits per heavy atom. The number of hydrogen-bond donors (Lipinski definition) is 2. The molecule has 0 saturated carbocycles. The number of piperidine rings is 1. The molecule has 4 nitrogen and oxygen atoms in total. The fourth-order valence-corrected chi connectivity index (χ4v) is 1.92. The highest BCUT2D eigenvalue weighted by atomic mass is 32.1. The van der Waals surface area contributed by atoms with E-state index in [1.807, 2.05) is 18.7 Å². The van der Waals surface area contributed by atoms with Crippen molar-refractivity contribution < 1.29 is 9.59 Å². The Balaban J connectivity index is 2.29. The van der Waals surface area contributed by atoms with E-state index in [2.05, 4.69) is 17.9 Å². The normalized spacial score (nSPS) is 18.0. The summed E-state index contributed by atoms with van der Waals surface area (Å²) in [6, 6.07) is 0. The first-order valence-corrected chi connectivity index (χ1v) is 6.77. The van der Waals surface area contributed by atoms with E-state index < -0.39 is 0 Å². The quantitative estimate of drug-likeness (QED) is 0.741. The van der Waals surface area contributed by atoms with Gasteiger partial charge in [0.2, 0.25) is 11.8 Å². The molecule has 1 N–H and O–H groups in total. The lowest BCUT2D eigenvalue weighted by Crippen LogP contribution is -2.44. The first kappa shape index (κ1) is 14.4. The molecule has 1 fully saturated rings. The van der Waals surface area contributed by atoms with Gasteiger partial charge < -0.3 is 10.2 Å². The molecule has 0 aliphatic carbocycles. The second-order valence-corrected chi connectivity index (χ2v) is 5.40. The molecule has 0 aromatic carbocycles. The number of carbonyl (C=O) groups excluding carboxylic acids is 2. The first-order chi connectivity index (χ1) is 8.02. The van der Waals surface area contributed by atoms with Crippen LogP contribution in [-0.4, -0.2) is 41.6 Å². The number of amides is 2. The zero-order chi connectivity index (χ0) is 12.8. The van der Waals surface area contributed by atoms with Crippen molar-refractivity contribution in [1.29, 1.82) is 0 Å². The van der Waals surface area contributed by atoms with Crippen LogP contribution in [0.2, 0.25) is 0 Å². The molecule has 0 bridgehead atoms. The van der Waals surface area contributed by atoms with Crippen LogP contribution in [0.25, 0.3) is 0 Å². The zero-order valence-corrected chi connectivity index (χ0v) is 11.5. The molecule has 1 rings (SSSR count). The molecule has 17 heavy (non-hydrogen) atoms. The van der Waals surface area contributed by atoms with Gasteiger partial charge in [-0.15, -0.1) is 0 Å². The van der Waals surface area contributed by atoms with Crippen LogP contribution >= 0.6 is 12.6 Å². The van der Waals surface area contributed by atoms with Crippen molar-refractivity contribution >= 4 is 24.4 Å². The van der Waals surface area contributed by atoms with Crippen LogP contribution in [0.4, 0.5) is 0 Å². The maximum atomic E-state index is 11.8. The highest BCUT2D eigenvalue weighted by Crippen LogP contribution is 2.10. The summed E-state index contributed by atoms with van der Waals surface area (Å²) in [7, 11) is 0. The topological polar surface area (TPSA) is 49.4 Å². The summed E-state index contributed by atoms with van der Waals surface area (Å²) in [5, 5.41) is 2.31. The first-order valence-electron chi connectivity index (χ1n) is 6.26. The third-order valence-electron chi connectivity index (χ3n) is 3.02. The van der Waals surface area contributed by atoms with Gasteiger partial charge in [0.05, 0.1) is 11.8 Å². The lowest BCUT2D eigenvalue weighted by molar-refractivity contribution is -0.133. The predicted octanol–water partition coefficient (Wildman–Crippen LogP) is 1.07. The molecule has 1 unspecified atom stereocenters. The number of thiol groups is 1. The van der Waals surface area contributed by atoms with Crippen LogP contribution in [0.15, 0.2) is 0 Å². The van der Waals surface area contributed by atoms with E-state index in [1.165, 1.54) is 6.42 Å². The largest absolute Gasteiger partial charge is 0.346 e. The average Bonchev–Trinajstić information content (AvgIpc) is 2.35. The molecule has 0 spiro atoms. The Morgan fingerprint density at radius 1 is 1.24 bits per heavy atom. The Labute approximate surface area is 109 Å². The number of nitrogens with zero attached hydrogens (tertiary/aromatic N) is 1. The fourth-order valence-electron chi connectivity index (χ4n) is 1.83. The van der Waals surface area contributed by atoms with Crippen molar-refractivity contribution in [2.45, 2.75) is 38.4 Å². The van der Waals surface area contributed by atoms with Gasteiger partial charge in [-0.1, -0.05) is 13.8 Å². The van der Waals surface area contributed by atoms with Crippen molar-refractivity contribution in [2.75, 3.05) is 19.6 Å². The van der Waals surface area contributed by atoms with Crippen molar-refractivity contribution in [2.24, 2.45) is 5.92 Å². The van der Waals surface area contributed by atoms with Gasteiger partial charge in [0.15, 0.2) is 0 Å². The van der Waals surface area contributed by atoms with Crippen LogP contribution in [0.1, 0.15) is 33.1 Å². The van der Waals surface area contributed by atoms with Gasteiger partial charge in [0.25, 0.3) is 0 Å². The Kier molecular flexibility index (Phi) is 5.82. The van der Waals surface area contributed by atoms with Crippen LogP contribution < -0.4 is 5.32 Å². The van der Waals surface area contributed by atoms with Crippen molar-refractivity contribution in [3.8, 4) is 0 Å². The van der Waals surface area contributed by atoms with E-state index in [1.54, 1.807) is 0 Å². The number of carbonyl (C=O) groups is 2. The Bertz CT molecular complexity index is 276. The van der Waals surface area contributed by atoms with E-state index >= 15 is 0 Å². The number of rotatable bonds is 4. The molecule has 0 aromatic rings. The maximum absolute atomic E-state index is 11.8. The monoisotopic (exact) mass is 258 g/mol. The van der Waals surface area contributed by atoms with Crippen LogP contribution in [-0.2, 0) is 9.59 Å². The van der Waals surface area contributed by atoms with Crippen molar-refractivity contribution in [3.05, 3.63) is 0 Å². The SMILES string of the molecule is CC(C)C(S)C(=O)NCC(=O)N1CCCCC1.